The second-order valence-electron chi connectivity index (χ2n) is 5.62. The van der Waals surface area contributed by atoms with Gasteiger partial charge in [-0.2, -0.15) is 0 Å². The summed E-state index contributed by atoms with van der Waals surface area (Å²) in [7, 11) is 0. The van der Waals surface area contributed by atoms with E-state index in [0.29, 0.717) is 25.4 Å². The highest BCUT2D eigenvalue weighted by molar-refractivity contribution is 5.81. The van der Waals surface area contributed by atoms with E-state index in [9.17, 15) is 9.59 Å². The van der Waals surface area contributed by atoms with Gasteiger partial charge in [0.1, 0.15) is 0 Å². The van der Waals surface area contributed by atoms with Gasteiger partial charge in [-0.05, 0) is 33.1 Å². The molecule has 0 aliphatic carbocycles. The Morgan fingerprint density at radius 1 is 1.00 bits per heavy atom. The lowest BCUT2D eigenvalue weighted by Gasteiger charge is -2.15. The lowest BCUT2D eigenvalue weighted by Crippen LogP contribution is -2.44. The molecule has 0 aliphatic heterocycles. The first-order valence-electron chi connectivity index (χ1n) is 7.13. The van der Waals surface area contributed by atoms with Crippen LogP contribution in [0.25, 0.3) is 0 Å². The first-order valence-corrected chi connectivity index (χ1v) is 7.13. The molecule has 1 unspecified atom stereocenters. The molecule has 0 bridgehead atoms. The Kier molecular flexibility index (Phi) is 9.21. The molecule has 0 radical (unpaired) electrons. The second kappa shape index (κ2) is 9.78. The van der Waals surface area contributed by atoms with Crippen LogP contribution in [0.15, 0.2) is 0 Å². The van der Waals surface area contributed by atoms with Crippen LogP contribution < -0.4 is 16.0 Å². The van der Waals surface area contributed by atoms with Gasteiger partial charge in [-0.25, -0.2) is 0 Å². The van der Waals surface area contributed by atoms with E-state index in [2.05, 4.69) is 29.8 Å². The first-order chi connectivity index (χ1) is 8.82. The van der Waals surface area contributed by atoms with Gasteiger partial charge >= 0.3 is 0 Å². The average molecular weight is 271 g/mol. The molecule has 112 valence electrons. The molecular formula is C14H29N3O2. The standard InChI is InChI=1S/C14H29N3O2/c1-10(2)6-8-16-14(19)12(5)15-9-7-13(18)17-11(3)4/h10-12,15H,6-9H2,1-5H3,(H,16,19)(H,17,18). The fraction of sp³-hybridized carbons (Fsp3) is 0.857. The van der Waals surface area contributed by atoms with Gasteiger partial charge in [-0.15, -0.1) is 0 Å². The number of hydrogen-bond acceptors (Lipinski definition) is 3. The van der Waals surface area contributed by atoms with Crippen molar-refractivity contribution in [1.82, 2.24) is 16.0 Å². The van der Waals surface area contributed by atoms with Gasteiger partial charge in [0.2, 0.25) is 11.8 Å². The van der Waals surface area contributed by atoms with Crippen LogP contribution in [0.4, 0.5) is 0 Å². The fourth-order valence-electron chi connectivity index (χ4n) is 1.53. The number of nitrogens with one attached hydrogen (secondary N) is 3. The smallest absolute Gasteiger partial charge is 0.236 e. The number of amides is 2. The highest BCUT2D eigenvalue weighted by atomic mass is 16.2. The van der Waals surface area contributed by atoms with E-state index in [1.807, 2.05) is 20.8 Å². The van der Waals surface area contributed by atoms with Crippen molar-refractivity contribution in [2.24, 2.45) is 5.92 Å². The Hall–Kier alpha value is -1.10. The molecule has 2 amide bonds. The minimum Gasteiger partial charge on any atom is -0.355 e. The summed E-state index contributed by atoms with van der Waals surface area (Å²) < 4.78 is 0. The predicted molar refractivity (Wildman–Crippen MR) is 77.8 cm³/mol. The molecule has 19 heavy (non-hydrogen) atoms. The second-order valence-corrected chi connectivity index (χ2v) is 5.62. The lowest BCUT2D eigenvalue weighted by molar-refractivity contribution is -0.124. The minimum atomic E-state index is -0.265. The highest BCUT2D eigenvalue weighted by Crippen LogP contribution is 1.96. The van der Waals surface area contributed by atoms with Crippen molar-refractivity contribution in [2.75, 3.05) is 13.1 Å². The molecule has 0 heterocycles. The van der Waals surface area contributed by atoms with Gasteiger partial charge in [0.25, 0.3) is 0 Å². The van der Waals surface area contributed by atoms with Crippen molar-refractivity contribution in [1.29, 1.82) is 0 Å². The van der Waals surface area contributed by atoms with Crippen LogP contribution in [-0.4, -0.2) is 37.0 Å². The summed E-state index contributed by atoms with van der Waals surface area (Å²) in [5.74, 6) is 0.586. The number of rotatable bonds is 9. The number of carbonyl (C=O) groups is 2. The lowest BCUT2D eigenvalue weighted by atomic mass is 10.1. The topological polar surface area (TPSA) is 70.2 Å². The molecule has 0 spiro atoms. The van der Waals surface area contributed by atoms with E-state index in [4.69, 9.17) is 0 Å². The van der Waals surface area contributed by atoms with E-state index < -0.39 is 0 Å². The van der Waals surface area contributed by atoms with Crippen molar-refractivity contribution < 1.29 is 9.59 Å². The fourth-order valence-corrected chi connectivity index (χ4v) is 1.53. The van der Waals surface area contributed by atoms with Crippen LogP contribution >= 0.6 is 0 Å². The van der Waals surface area contributed by atoms with Gasteiger partial charge in [0.05, 0.1) is 6.04 Å². The molecule has 0 aliphatic rings. The van der Waals surface area contributed by atoms with Gasteiger partial charge < -0.3 is 16.0 Å². The Morgan fingerprint density at radius 2 is 1.63 bits per heavy atom. The summed E-state index contributed by atoms with van der Waals surface area (Å²) in [6, 6.07) is -0.108. The van der Waals surface area contributed by atoms with Gasteiger partial charge in [0.15, 0.2) is 0 Å². The molecule has 1 atom stereocenters. The van der Waals surface area contributed by atoms with Crippen LogP contribution in [0.1, 0.15) is 47.5 Å². The van der Waals surface area contributed by atoms with Crippen molar-refractivity contribution in [3.63, 3.8) is 0 Å². The van der Waals surface area contributed by atoms with E-state index in [-0.39, 0.29) is 23.9 Å². The minimum absolute atomic E-state index is 0.00918. The van der Waals surface area contributed by atoms with Crippen molar-refractivity contribution >= 4 is 11.8 Å². The van der Waals surface area contributed by atoms with Crippen LogP contribution in [0, 0.1) is 5.92 Å². The Morgan fingerprint density at radius 3 is 2.16 bits per heavy atom. The summed E-state index contributed by atoms with van der Waals surface area (Å²) in [5.41, 5.74) is 0. The number of hydrogen-bond donors (Lipinski definition) is 3. The van der Waals surface area contributed by atoms with Crippen LogP contribution in [0.2, 0.25) is 0 Å². The monoisotopic (exact) mass is 271 g/mol. The SMILES string of the molecule is CC(C)CCNC(=O)C(C)NCCC(=O)NC(C)C. The zero-order chi connectivity index (χ0) is 14.8. The van der Waals surface area contributed by atoms with E-state index in [1.165, 1.54) is 0 Å². The summed E-state index contributed by atoms with van der Waals surface area (Å²) in [4.78, 5) is 23.1. The Bertz CT molecular complexity index is 278. The largest absolute Gasteiger partial charge is 0.355 e. The summed E-state index contributed by atoms with van der Waals surface area (Å²) in [5, 5.41) is 8.75. The third-order valence-corrected chi connectivity index (χ3v) is 2.67. The Balaban J connectivity index is 3.70. The maximum Gasteiger partial charge on any atom is 0.236 e. The molecule has 0 fully saturated rings. The van der Waals surface area contributed by atoms with Crippen LogP contribution in [-0.2, 0) is 9.59 Å². The van der Waals surface area contributed by atoms with E-state index in [0.717, 1.165) is 6.42 Å². The quantitative estimate of drug-likeness (QED) is 0.587. The maximum atomic E-state index is 11.7. The Labute approximate surface area is 116 Å². The van der Waals surface area contributed by atoms with E-state index >= 15 is 0 Å². The van der Waals surface area contributed by atoms with Crippen molar-refractivity contribution in [2.45, 2.75) is 59.5 Å². The van der Waals surface area contributed by atoms with Crippen LogP contribution in [0.3, 0.4) is 0 Å². The van der Waals surface area contributed by atoms with Gasteiger partial charge in [-0.3, -0.25) is 9.59 Å². The van der Waals surface area contributed by atoms with E-state index in [1.54, 1.807) is 0 Å². The zero-order valence-corrected chi connectivity index (χ0v) is 12.9. The highest BCUT2D eigenvalue weighted by Gasteiger charge is 2.12. The molecule has 0 aromatic heterocycles. The van der Waals surface area contributed by atoms with Gasteiger partial charge in [-0.1, -0.05) is 13.8 Å². The molecule has 0 rings (SSSR count). The average Bonchev–Trinajstić information content (AvgIpc) is 2.26. The van der Waals surface area contributed by atoms with Crippen molar-refractivity contribution in [3.8, 4) is 0 Å². The molecular weight excluding hydrogens is 242 g/mol. The van der Waals surface area contributed by atoms with Gasteiger partial charge in [0, 0.05) is 25.6 Å². The van der Waals surface area contributed by atoms with Crippen molar-refractivity contribution in [3.05, 3.63) is 0 Å². The third kappa shape index (κ3) is 10.5. The third-order valence-electron chi connectivity index (χ3n) is 2.67. The first kappa shape index (κ1) is 17.9. The maximum absolute atomic E-state index is 11.7. The molecule has 0 aromatic carbocycles. The molecule has 3 N–H and O–H groups in total. The molecule has 0 saturated carbocycles. The zero-order valence-electron chi connectivity index (χ0n) is 12.9. The molecule has 5 nitrogen and oxygen atoms in total. The molecule has 0 aromatic rings. The molecule has 5 heteroatoms. The number of carbonyl (C=O) groups excluding carboxylic acids is 2. The molecule has 0 saturated heterocycles. The summed E-state index contributed by atoms with van der Waals surface area (Å²) in [6.07, 6.45) is 1.37. The summed E-state index contributed by atoms with van der Waals surface area (Å²) in [6.45, 7) is 11.1. The normalized spacial score (nSPS) is 12.6. The van der Waals surface area contributed by atoms with Crippen LogP contribution in [0.5, 0.6) is 0 Å². The summed E-state index contributed by atoms with van der Waals surface area (Å²) >= 11 is 0. The predicted octanol–water partition coefficient (Wildman–Crippen LogP) is 1.04.